The van der Waals surface area contributed by atoms with Crippen molar-refractivity contribution in [1.82, 2.24) is 24.5 Å². The first kappa shape index (κ1) is 18.0. The molecular formula is C20H25N5OS. The molecule has 2 amide bonds. The molecule has 1 aliphatic heterocycles. The molecule has 0 spiro atoms. The van der Waals surface area contributed by atoms with Gasteiger partial charge >= 0.3 is 6.03 Å². The molecule has 1 fully saturated rings. The van der Waals surface area contributed by atoms with Gasteiger partial charge < -0.3 is 10.2 Å². The Morgan fingerprint density at radius 1 is 1.19 bits per heavy atom. The van der Waals surface area contributed by atoms with Crippen molar-refractivity contribution in [2.75, 3.05) is 32.7 Å². The first-order chi connectivity index (χ1) is 13.2. The molecule has 2 aromatic heterocycles. The summed E-state index contributed by atoms with van der Waals surface area (Å²) in [7, 11) is 0. The van der Waals surface area contributed by atoms with Gasteiger partial charge in [0.2, 0.25) is 0 Å². The van der Waals surface area contributed by atoms with Gasteiger partial charge in [0.25, 0.3) is 0 Å². The van der Waals surface area contributed by atoms with E-state index < -0.39 is 0 Å². The van der Waals surface area contributed by atoms with Crippen LogP contribution in [0.4, 0.5) is 4.79 Å². The highest BCUT2D eigenvalue weighted by molar-refractivity contribution is 7.17. The number of carbonyl (C=O) groups excluding carboxylic acids is 1. The number of nitrogens with one attached hydrogen (secondary N) is 1. The van der Waals surface area contributed by atoms with Crippen molar-refractivity contribution in [1.29, 1.82) is 0 Å². The zero-order valence-electron chi connectivity index (χ0n) is 15.8. The topological polar surface area (TPSA) is 52.9 Å². The van der Waals surface area contributed by atoms with E-state index in [0.717, 1.165) is 48.9 Å². The highest BCUT2D eigenvalue weighted by Crippen LogP contribution is 2.29. The van der Waals surface area contributed by atoms with Crippen LogP contribution in [-0.2, 0) is 6.54 Å². The van der Waals surface area contributed by atoms with E-state index in [0.29, 0.717) is 6.54 Å². The lowest BCUT2D eigenvalue weighted by Gasteiger charge is -2.34. The van der Waals surface area contributed by atoms with Gasteiger partial charge in [0.1, 0.15) is 0 Å². The van der Waals surface area contributed by atoms with Gasteiger partial charge in [-0.3, -0.25) is 9.30 Å². The second-order valence-electron chi connectivity index (χ2n) is 6.87. The first-order valence-electron chi connectivity index (χ1n) is 9.43. The summed E-state index contributed by atoms with van der Waals surface area (Å²) in [6, 6.07) is 10.4. The van der Waals surface area contributed by atoms with Crippen molar-refractivity contribution in [3.05, 3.63) is 47.1 Å². The first-order valence-corrected chi connectivity index (χ1v) is 10.2. The maximum Gasteiger partial charge on any atom is 0.317 e. The van der Waals surface area contributed by atoms with Crippen LogP contribution in [0.5, 0.6) is 0 Å². The predicted molar refractivity (Wildman–Crippen MR) is 109 cm³/mol. The Bertz CT molecular complexity index is 925. The number of aryl methyl sites for hydroxylation is 1. The van der Waals surface area contributed by atoms with Crippen LogP contribution in [0.1, 0.15) is 17.5 Å². The molecule has 3 aromatic rings. The summed E-state index contributed by atoms with van der Waals surface area (Å²) in [5.74, 6) is 0. The van der Waals surface area contributed by atoms with Gasteiger partial charge in [-0.05, 0) is 13.8 Å². The molecular weight excluding hydrogens is 358 g/mol. The van der Waals surface area contributed by atoms with E-state index in [1.807, 2.05) is 17.9 Å². The number of rotatable bonds is 4. The van der Waals surface area contributed by atoms with Crippen LogP contribution in [0.2, 0.25) is 0 Å². The third-order valence-electron chi connectivity index (χ3n) is 4.95. The Morgan fingerprint density at radius 2 is 1.93 bits per heavy atom. The van der Waals surface area contributed by atoms with Crippen molar-refractivity contribution < 1.29 is 4.79 Å². The minimum Gasteiger partial charge on any atom is -0.338 e. The number of aromatic nitrogens is 2. The molecule has 1 saturated heterocycles. The number of hydrogen-bond acceptors (Lipinski definition) is 4. The quantitative estimate of drug-likeness (QED) is 0.753. The second kappa shape index (κ2) is 7.70. The van der Waals surface area contributed by atoms with Gasteiger partial charge in [-0.25, -0.2) is 9.78 Å². The molecule has 27 heavy (non-hydrogen) atoms. The van der Waals surface area contributed by atoms with Crippen LogP contribution < -0.4 is 5.32 Å². The van der Waals surface area contributed by atoms with E-state index in [9.17, 15) is 4.79 Å². The van der Waals surface area contributed by atoms with Crippen LogP contribution in [0.15, 0.2) is 36.5 Å². The number of imidazole rings is 1. The zero-order valence-corrected chi connectivity index (χ0v) is 16.6. The molecule has 0 bridgehead atoms. The number of urea groups is 1. The number of fused-ring (bicyclic) bond motifs is 1. The molecule has 142 valence electrons. The average molecular weight is 384 g/mol. The number of piperazine rings is 1. The standard InChI is InChI=1S/C20H25N5OS/c1-3-21-19(26)24-11-9-23(10-12-24)14-17-18(16-7-5-4-6-8-16)22-20-25(17)13-15(2)27-20/h4-8,13H,3,9-12,14H2,1-2H3,(H,21,26). The van der Waals surface area contributed by atoms with E-state index in [4.69, 9.17) is 4.98 Å². The van der Waals surface area contributed by atoms with Gasteiger partial charge in [0.05, 0.1) is 11.4 Å². The summed E-state index contributed by atoms with van der Waals surface area (Å²) < 4.78 is 2.23. The van der Waals surface area contributed by atoms with Crippen LogP contribution >= 0.6 is 11.3 Å². The lowest BCUT2D eigenvalue weighted by molar-refractivity contribution is 0.134. The SMILES string of the molecule is CCNC(=O)N1CCN(Cc2c(-c3ccccc3)nc3sc(C)cn23)CC1. The molecule has 0 unspecified atom stereocenters. The van der Waals surface area contributed by atoms with Crippen LogP contribution in [-0.4, -0.2) is 57.9 Å². The van der Waals surface area contributed by atoms with Gasteiger partial charge in [0.15, 0.2) is 4.96 Å². The maximum absolute atomic E-state index is 12.0. The molecule has 1 aliphatic rings. The van der Waals surface area contributed by atoms with Crippen molar-refractivity contribution in [3.8, 4) is 11.3 Å². The summed E-state index contributed by atoms with van der Waals surface area (Å²) in [6.07, 6.45) is 2.18. The van der Waals surface area contributed by atoms with E-state index >= 15 is 0 Å². The fourth-order valence-corrected chi connectivity index (χ4v) is 4.41. The highest BCUT2D eigenvalue weighted by Gasteiger charge is 2.23. The fraction of sp³-hybridized carbons (Fsp3) is 0.400. The number of carbonyl (C=O) groups is 1. The molecule has 0 atom stereocenters. The molecule has 0 saturated carbocycles. The number of amides is 2. The molecule has 1 aromatic carbocycles. The Labute approximate surface area is 163 Å². The zero-order chi connectivity index (χ0) is 18.8. The average Bonchev–Trinajstić information content (AvgIpc) is 3.20. The summed E-state index contributed by atoms with van der Waals surface area (Å²) in [5.41, 5.74) is 3.45. The number of hydrogen-bond donors (Lipinski definition) is 1. The Kier molecular flexibility index (Phi) is 5.13. The van der Waals surface area contributed by atoms with Crippen molar-refractivity contribution >= 4 is 22.3 Å². The summed E-state index contributed by atoms with van der Waals surface area (Å²) >= 11 is 1.73. The number of benzene rings is 1. The number of nitrogens with zero attached hydrogens (tertiary/aromatic N) is 4. The largest absolute Gasteiger partial charge is 0.338 e. The molecule has 1 N–H and O–H groups in total. The lowest BCUT2D eigenvalue weighted by Crippen LogP contribution is -2.51. The minimum atomic E-state index is 0.0438. The van der Waals surface area contributed by atoms with Crippen LogP contribution in [0, 0.1) is 6.92 Å². The summed E-state index contributed by atoms with van der Waals surface area (Å²) in [6.45, 7) is 8.86. The van der Waals surface area contributed by atoms with Crippen molar-refractivity contribution in [2.45, 2.75) is 20.4 Å². The van der Waals surface area contributed by atoms with Crippen LogP contribution in [0.25, 0.3) is 16.2 Å². The van der Waals surface area contributed by atoms with Gasteiger partial charge in [-0.15, -0.1) is 11.3 Å². The summed E-state index contributed by atoms with van der Waals surface area (Å²) in [5, 5.41) is 2.89. The molecule has 0 aliphatic carbocycles. The van der Waals surface area contributed by atoms with Gasteiger partial charge in [0, 0.05) is 55.9 Å². The van der Waals surface area contributed by atoms with Gasteiger partial charge in [-0.2, -0.15) is 0 Å². The molecule has 6 nitrogen and oxygen atoms in total. The lowest BCUT2D eigenvalue weighted by atomic mass is 10.1. The monoisotopic (exact) mass is 383 g/mol. The molecule has 4 rings (SSSR count). The summed E-state index contributed by atoms with van der Waals surface area (Å²) in [4.78, 5) is 23.6. The highest BCUT2D eigenvalue weighted by atomic mass is 32.1. The van der Waals surface area contributed by atoms with Crippen LogP contribution in [0.3, 0.4) is 0 Å². The third kappa shape index (κ3) is 3.70. The molecule has 3 heterocycles. The minimum absolute atomic E-state index is 0.0438. The normalized spacial score (nSPS) is 15.4. The Morgan fingerprint density at radius 3 is 2.63 bits per heavy atom. The van der Waals surface area contributed by atoms with Crippen molar-refractivity contribution in [2.24, 2.45) is 0 Å². The van der Waals surface area contributed by atoms with Gasteiger partial charge in [-0.1, -0.05) is 30.3 Å². The molecule has 0 radical (unpaired) electrons. The fourth-order valence-electron chi connectivity index (χ4n) is 3.56. The Balaban J connectivity index is 1.56. The van der Waals surface area contributed by atoms with E-state index in [-0.39, 0.29) is 6.03 Å². The third-order valence-corrected chi connectivity index (χ3v) is 5.85. The Hall–Kier alpha value is -2.38. The van der Waals surface area contributed by atoms with E-state index in [1.165, 1.54) is 10.6 Å². The van der Waals surface area contributed by atoms with Crippen molar-refractivity contribution in [3.63, 3.8) is 0 Å². The maximum atomic E-state index is 12.0. The predicted octanol–water partition coefficient (Wildman–Crippen LogP) is 3.22. The van der Waals surface area contributed by atoms with E-state index in [1.54, 1.807) is 11.3 Å². The second-order valence-corrected chi connectivity index (χ2v) is 8.08. The molecule has 7 heteroatoms. The van der Waals surface area contributed by atoms with E-state index in [2.05, 4.69) is 52.0 Å². The smallest absolute Gasteiger partial charge is 0.317 e. The number of thiazole rings is 1.